The van der Waals surface area contributed by atoms with E-state index in [2.05, 4.69) is 10.3 Å². The molecular formula is C26H31N5O3. The highest BCUT2D eigenvalue weighted by molar-refractivity contribution is 5.85. The molecule has 1 amide bonds. The molecule has 0 bridgehead atoms. The molecule has 2 aromatic carbocycles. The molecule has 2 heterocycles. The average molecular weight is 462 g/mol. The van der Waals surface area contributed by atoms with E-state index >= 15 is 0 Å². The number of aryl methyl sites for hydroxylation is 1. The SMILES string of the molecule is Nc1ccc(CCC(=O)CCC(=O)N2CCCC2Cn2cc(COc3ccccc3)nn2)cc1. The van der Waals surface area contributed by atoms with Crippen molar-refractivity contribution in [1.82, 2.24) is 19.9 Å². The fourth-order valence-corrected chi connectivity index (χ4v) is 4.22. The molecule has 0 radical (unpaired) electrons. The normalized spacial score (nSPS) is 15.4. The highest BCUT2D eigenvalue weighted by Gasteiger charge is 2.29. The summed E-state index contributed by atoms with van der Waals surface area (Å²) in [7, 11) is 0. The Labute approximate surface area is 199 Å². The molecule has 34 heavy (non-hydrogen) atoms. The highest BCUT2D eigenvalue weighted by atomic mass is 16.5. The van der Waals surface area contributed by atoms with Crippen LogP contribution < -0.4 is 10.5 Å². The molecule has 1 saturated heterocycles. The minimum Gasteiger partial charge on any atom is -0.487 e. The number of nitrogen functional groups attached to an aromatic ring is 1. The maximum Gasteiger partial charge on any atom is 0.223 e. The van der Waals surface area contributed by atoms with Crippen LogP contribution in [0.1, 0.15) is 43.4 Å². The van der Waals surface area contributed by atoms with E-state index in [4.69, 9.17) is 10.5 Å². The van der Waals surface area contributed by atoms with Crippen molar-refractivity contribution < 1.29 is 14.3 Å². The zero-order valence-electron chi connectivity index (χ0n) is 19.3. The van der Waals surface area contributed by atoms with Gasteiger partial charge in [-0.15, -0.1) is 5.10 Å². The molecule has 1 aromatic heterocycles. The van der Waals surface area contributed by atoms with Gasteiger partial charge in [-0.05, 0) is 49.1 Å². The number of nitrogens with two attached hydrogens (primary N) is 1. The molecular weight excluding hydrogens is 430 g/mol. The molecule has 1 aliphatic heterocycles. The van der Waals surface area contributed by atoms with E-state index in [1.54, 1.807) is 4.68 Å². The van der Waals surface area contributed by atoms with Crippen molar-refractivity contribution in [3.05, 3.63) is 72.1 Å². The molecule has 178 valence electrons. The number of likely N-dealkylation sites (tertiary alicyclic amines) is 1. The standard InChI is InChI=1S/C26H31N5O3/c27-21-11-8-20(9-12-21)10-13-24(32)14-15-26(33)31-16-4-5-23(31)18-30-17-22(28-29-30)19-34-25-6-2-1-3-7-25/h1-3,6-9,11-12,17,23H,4-5,10,13-16,18-19,27H2. The average Bonchev–Trinajstić information content (AvgIpc) is 3.51. The topological polar surface area (TPSA) is 103 Å². The third kappa shape index (κ3) is 6.66. The first-order valence-electron chi connectivity index (χ1n) is 11.8. The summed E-state index contributed by atoms with van der Waals surface area (Å²) < 4.78 is 7.50. The second kappa shape index (κ2) is 11.4. The monoisotopic (exact) mass is 461 g/mol. The minimum atomic E-state index is 0.0380. The van der Waals surface area contributed by atoms with Crippen molar-refractivity contribution in [2.75, 3.05) is 12.3 Å². The lowest BCUT2D eigenvalue weighted by Gasteiger charge is -2.24. The van der Waals surface area contributed by atoms with Crippen LogP contribution in [-0.4, -0.2) is 44.2 Å². The molecule has 0 saturated carbocycles. The molecule has 3 aromatic rings. The number of para-hydroxylation sites is 1. The number of hydrogen-bond donors (Lipinski definition) is 1. The van der Waals surface area contributed by atoms with Crippen LogP contribution in [0.2, 0.25) is 0 Å². The van der Waals surface area contributed by atoms with Gasteiger partial charge >= 0.3 is 0 Å². The van der Waals surface area contributed by atoms with Crippen LogP contribution in [0.3, 0.4) is 0 Å². The Morgan fingerprint density at radius 1 is 1.03 bits per heavy atom. The molecule has 4 rings (SSSR count). The molecule has 2 N–H and O–H groups in total. The number of anilines is 1. The Hall–Kier alpha value is -3.68. The maximum atomic E-state index is 12.8. The van der Waals surface area contributed by atoms with Crippen LogP contribution in [0, 0.1) is 0 Å². The third-order valence-electron chi connectivity index (χ3n) is 6.10. The first kappa shape index (κ1) is 23.5. The second-order valence-corrected chi connectivity index (χ2v) is 8.70. The Morgan fingerprint density at radius 2 is 1.82 bits per heavy atom. The van der Waals surface area contributed by atoms with Gasteiger partial charge in [0.25, 0.3) is 0 Å². The van der Waals surface area contributed by atoms with Crippen molar-refractivity contribution in [2.45, 2.75) is 57.7 Å². The number of rotatable bonds is 11. The van der Waals surface area contributed by atoms with Crippen molar-refractivity contribution in [3.8, 4) is 5.75 Å². The molecule has 1 atom stereocenters. The van der Waals surface area contributed by atoms with Crippen molar-refractivity contribution in [3.63, 3.8) is 0 Å². The summed E-state index contributed by atoms with van der Waals surface area (Å²) in [6, 6.07) is 17.2. The fraction of sp³-hybridized carbons (Fsp3) is 0.385. The number of benzene rings is 2. The maximum absolute atomic E-state index is 12.8. The molecule has 1 fully saturated rings. The zero-order chi connectivity index (χ0) is 23.8. The number of carbonyl (C=O) groups excluding carboxylic acids is 2. The first-order valence-corrected chi connectivity index (χ1v) is 11.8. The second-order valence-electron chi connectivity index (χ2n) is 8.70. The van der Waals surface area contributed by atoms with Gasteiger partial charge in [0.05, 0.1) is 18.8 Å². The molecule has 1 unspecified atom stereocenters. The van der Waals surface area contributed by atoms with Gasteiger partial charge in [-0.2, -0.15) is 0 Å². The van der Waals surface area contributed by atoms with Gasteiger partial charge in [-0.25, -0.2) is 0 Å². The predicted octanol–water partition coefficient (Wildman–Crippen LogP) is 3.41. The lowest BCUT2D eigenvalue weighted by molar-refractivity contribution is -0.134. The first-order chi connectivity index (χ1) is 16.6. The molecule has 8 heteroatoms. The van der Waals surface area contributed by atoms with Gasteiger partial charge in [0, 0.05) is 31.5 Å². The van der Waals surface area contributed by atoms with Crippen molar-refractivity contribution in [1.29, 1.82) is 0 Å². The van der Waals surface area contributed by atoms with Gasteiger partial charge < -0.3 is 15.4 Å². The van der Waals surface area contributed by atoms with Gasteiger partial charge in [0.2, 0.25) is 5.91 Å². The fourth-order valence-electron chi connectivity index (χ4n) is 4.22. The Kier molecular flexibility index (Phi) is 7.91. The Balaban J connectivity index is 1.21. The van der Waals surface area contributed by atoms with Crippen LogP contribution in [-0.2, 0) is 29.2 Å². The number of ketones is 1. The number of ether oxygens (including phenoxy) is 1. The lowest BCUT2D eigenvalue weighted by atomic mass is 10.0. The van der Waals surface area contributed by atoms with E-state index in [0.29, 0.717) is 31.7 Å². The van der Waals surface area contributed by atoms with Crippen molar-refractivity contribution >= 4 is 17.4 Å². The summed E-state index contributed by atoms with van der Waals surface area (Å²) in [5.74, 6) is 0.934. The van der Waals surface area contributed by atoms with Gasteiger partial charge in [0.1, 0.15) is 23.8 Å². The quantitative estimate of drug-likeness (QED) is 0.439. The number of amides is 1. The zero-order valence-corrected chi connectivity index (χ0v) is 19.3. The lowest BCUT2D eigenvalue weighted by Crippen LogP contribution is -2.38. The summed E-state index contributed by atoms with van der Waals surface area (Å²) in [4.78, 5) is 27.0. The Morgan fingerprint density at radius 3 is 2.62 bits per heavy atom. The smallest absolute Gasteiger partial charge is 0.223 e. The van der Waals surface area contributed by atoms with E-state index in [1.165, 1.54) is 0 Å². The van der Waals surface area contributed by atoms with E-state index in [1.807, 2.05) is 65.7 Å². The van der Waals surface area contributed by atoms with Crippen LogP contribution >= 0.6 is 0 Å². The number of Topliss-reactive ketones (excluding diaryl/α,β-unsaturated/α-hetero) is 1. The minimum absolute atomic E-state index is 0.0380. The Bertz CT molecular complexity index is 1080. The van der Waals surface area contributed by atoms with Crippen LogP contribution in [0.5, 0.6) is 5.75 Å². The highest BCUT2D eigenvalue weighted by Crippen LogP contribution is 2.21. The van der Waals surface area contributed by atoms with E-state index < -0.39 is 0 Å². The largest absolute Gasteiger partial charge is 0.487 e. The van der Waals surface area contributed by atoms with Crippen LogP contribution in [0.15, 0.2) is 60.8 Å². The van der Waals surface area contributed by atoms with E-state index in [9.17, 15) is 9.59 Å². The summed E-state index contributed by atoms with van der Waals surface area (Å²) in [6.07, 6.45) is 5.39. The predicted molar refractivity (Wildman–Crippen MR) is 129 cm³/mol. The molecule has 1 aliphatic rings. The van der Waals surface area contributed by atoms with Crippen molar-refractivity contribution in [2.24, 2.45) is 0 Å². The van der Waals surface area contributed by atoms with Gasteiger partial charge in [0.15, 0.2) is 0 Å². The van der Waals surface area contributed by atoms with Crippen LogP contribution in [0.25, 0.3) is 0 Å². The summed E-state index contributed by atoms with van der Waals surface area (Å²) in [6.45, 7) is 1.66. The number of carbonyl (C=O) groups is 2. The molecule has 0 spiro atoms. The third-order valence-corrected chi connectivity index (χ3v) is 6.10. The van der Waals surface area contributed by atoms with E-state index in [0.717, 1.165) is 36.4 Å². The molecule has 0 aliphatic carbocycles. The summed E-state index contributed by atoms with van der Waals surface area (Å²) in [5.41, 5.74) is 8.23. The van der Waals surface area contributed by atoms with Gasteiger partial charge in [-0.1, -0.05) is 35.5 Å². The number of hydrogen-bond acceptors (Lipinski definition) is 6. The molecule has 8 nitrogen and oxygen atoms in total. The summed E-state index contributed by atoms with van der Waals surface area (Å²) >= 11 is 0. The van der Waals surface area contributed by atoms with Crippen LogP contribution in [0.4, 0.5) is 5.69 Å². The number of nitrogens with zero attached hydrogens (tertiary/aromatic N) is 4. The number of aromatic nitrogens is 3. The van der Waals surface area contributed by atoms with Gasteiger partial charge in [-0.3, -0.25) is 14.3 Å². The summed E-state index contributed by atoms with van der Waals surface area (Å²) in [5, 5.41) is 8.39. The van der Waals surface area contributed by atoms with E-state index in [-0.39, 0.29) is 30.6 Å².